The van der Waals surface area contributed by atoms with Gasteiger partial charge < -0.3 is 10.2 Å². The van der Waals surface area contributed by atoms with Crippen molar-refractivity contribution in [2.24, 2.45) is 0 Å². The maximum Gasteiger partial charge on any atom is 0.121 e. The van der Waals surface area contributed by atoms with E-state index in [4.69, 9.17) is 0 Å². The zero-order valence-corrected chi connectivity index (χ0v) is 18.8. The van der Waals surface area contributed by atoms with Crippen molar-refractivity contribution < 1.29 is 10.2 Å². The summed E-state index contributed by atoms with van der Waals surface area (Å²) in [4.78, 5) is 0. The Labute approximate surface area is 188 Å². The molecule has 2 heteroatoms. The molecule has 0 atom stereocenters. The van der Waals surface area contributed by atoms with Crippen molar-refractivity contribution in [2.75, 3.05) is 0 Å². The van der Waals surface area contributed by atoms with E-state index in [2.05, 4.69) is 72.8 Å². The Balaban J connectivity index is 2.04. The summed E-state index contributed by atoms with van der Waals surface area (Å²) in [5, 5.41) is 25.6. The van der Waals surface area contributed by atoms with Crippen molar-refractivity contribution >= 4 is 21.5 Å². The van der Waals surface area contributed by atoms with Crippen LogP contribution in [-0.4, -0.2) is 10.2 Å². The SMILES string of the molecule is Cc1cc(-c2c(-c3cc(C)c(O)c(C)c3)c3ccccc3c3ccccc23)cc(C)c1O. The van der Waals surface area contributed by atoms with Crippen molar-refractivity contribution in [1.82, 2.24) is 0 Å². The molecule has 0 amide bonds. The number of phenols is 2. The van der Waals surface area contributed by atoms with Gasteiger partial charge in [-0.25, -0.2) is 0 Å². The Bertz CT molecular complexity index is 1360. The molecule has 0 saturated heterocycles. The first-order valence-electron chi connectivity index (χ1n) is 10.9. The number of aryl methyl sites for hydroxylation is 4. The van der Waals surface area contributed by atoms with Gasteiger partial charge in [-0.3, -0.25) is 0 Å². The lowest BCUT2D eigenvalue weighted by Crippen LogP contribution is -1.94. The molecule has 2 N–H and O–H groups in total. The topological polar surface area (TPSA) is 40.5 Å². The average Bonchev–Trinajstić information content (AvgIpc) is 2.79. The van der Waals surface area contributed by atoms with Gasteiger partial charge in [-0.15, -0.1) is 0 Å². The lowest BCUT2D eigenvalue weighted by molar-refractivity contribution is 0.466. The van der Waals surface area contributed by atoms with Crippen molar-refractivity contribution in [3.8, 4) is 33.8 Å². The molecule has 5 aromatic rings. The number of aromatic hydroxyl groups is 2. The van der Waals surface area contributed by atoms with Crippen LogP contribution in [0.25, 0.3) is 43.8 Å². The molecule has 0 spiro atoms. The van der Waals surface area contributed by atoms with E-state index in [1.165, 1.54) is 21.5 Å². The Kier molecular flexibility index (Phi) is 4.67. The number of hydrogen-bond acceptors (Lipinski definition) is 2. The summed E-state index contributed by atoms with van der Waals surface area (Å²) in [5.41, 5.74) is 7.91. The third kappa shape index (κ3) is 3.03. The molecule has 0 aliphatic heterocycles. The highest BCUT2D eigenvalue weighted by Crippen LogP contribution is 2.46. The molecular weight excluding hydrogens is 392 g/mol. The first kappa shape index (κ1) is 20.1. The second-order valence-corrected chi connectivity index (χ2v) is 8.76. The van der Waals surface area contributed by atoms with Crippen LogP contribution in [0.2, 0.25) is 0 Å². The molecule has 0 heterocycles. The van der Waals surface area contributed by atoms with E-state index < -0.39 is 0 Å². The predicted molar refractivity (Wildman–Crippen MR) is 135 cm³/mol. The number of phenolic OH excluding ortho intramolecular Hbond substituents is 2. The molecule has 0 fully saturated rings. The molecule has 0 aromatic heterocycles. The van der Waals surface area contributed by atoms with Gasteiger partial charge in [-0.1, -0.05) is 48.5 Å². The van der Waals surface area contributed by atoms with Gasteiger partial charge in [0.2, 0.25) is 0 Å². The Morgan fingerprint density at radius 2 is 0.719 bits per heavy atom. The summed E-state index contributed by atoms with van der Waals surface area (Å²) in [6.07, 6.45) is 0. The summed E-state index contributed by atoms with van der Waals surface area (Å²) >= 11 is 0. The van der Waals surface area contributed by atoms with Gasteiger partial charge in [0, 0.05) is 0 Å². The molecule has 2 nitrogen and oxygen atoms in total. The molecule has 5 rings (SSSR count). The van der Waals surface area contributed by atoms with E-state index in [-0.39, 0.29) is 0 Å². The van der Waals surface area contributed by atoms with Crippen molar-refractivity contribution in [1.29, 1.82) is 0 Å². The first-order valence-corrected chi connectivity index (χ1v) is 10.9. The molecule has 0 radical (unpaired) electrons. The van der Waals surface area contributed by atoms with Gasteiger partial charge in [0.05, 0.1) is 0 Å². The zero-order chi connectivity index (χ0) is 22.6. The van der Waals surface area contributed by atoms with E-state index >= 15 is 0 Å². The summed E-state index contributed by atoms with van der Waals surface area (Å²) in [7, 11) is 0. The first-order chi connectivity index (χ1) is 15.4. The second-order valence-electron chi connectivity index (χ2n) is 8.76. The Morgan fingerprint density at radius 1 is 0.438 bits per heavy atom. The number of fused-ring (bicyclic) bond motifs is 3. The molecular formula is C30H26O2. The largest absolute Gasteiger partial charge is 0.507 e. The van der Waals surface area contributed by atoms with Crippen LogP contribution in [0.1, 0.15) is 22.3 Å². The van der Waals surface area contributed by atoms with E-state index in [0.29, 0.717) is 11.5 Å². The number of hydrogen-bond donors (Lipinski definition) is 2. The van der Waals surface area contributed by atoms with Gasteiger partial charge >= 0.3 is 0 Å². The van der Waals surface area contributed by atoms with Gasteiger partial charge in [0.25, 0.3) is 0 Å². The van der Waals surface area contributed by atoms with Crippen LogP contribution in [0, 0.1) is 27.7 Å². The van der Waals surface area contributed by atoms with Gasteiger partial charge in [0.15, 0.2) is 0 Å². The van der Waals surface area contributed by atoms with Crippen LogP contribution >= 0.6 is 0 Å². The summed E-state index contributed by atoms with van der Waals surface area (Å²) in [5.74, 6) is 0.688. The number of benzene rings is 5. The smallest absolute Gasteiger partial charge is 0.121 e. The maximum atomic E-state index is 10.4. The molecule has 32 heavy (non-hydrogen) atoms. The van der Waals surface area contributed by atoms with Crippen LogP contribution in [0.4, 0.5) is 0 Å². The fraction of sp³-hybridized carbons (Fsp3) is 0.133. The standard InChI is InChI=1S/C30H26O2/c1-17-13-21(14-18(2)29(17)31)27-25-11-7-5-9-23(25)24-10-6-8-12-26(24)28(27)22-15-19(3)30(32)20(4)16-22/h5-16,31-32H,1-4H3. The van der Waals surface area contributed by atoms with Crippen molar-refractivity contribution in [3.63, 3.8) is 0 Å². The highest BCUT2D eigenvalue weighted by molar-refractivity contribution is 6.21. The van der Waals surface area contributed by atoms with Crippen LogP contribution in [-0.2, 0) is 0 Å². The minimum atomic E-state index is 0.344. The van der Waals surface area contributed by atoms with Gasteiger partial charge in [0.1, 0.15) is 11.5 Å². The average molecular weight is 419 g/mol. The quantitative estimate of drug-likeness (QED) is 0.285. The maximum absolute atomic E-state index is 10.4. The summed E-state index contributed by atoms with van der Waals surface area (Å²) < 4.78 is 0. The van der Waals surface area contributed by atoms with Crippen molar-refractivity contribution in [3.05, 3.63) is 95.1 Å². The highest BCUT2D eigenvalue weighted by atomic mass is 16.3. The van der Waals surface area contributed by atoms with Crippen LogP contribution in [0.5, 0.6) is 11.5 Å². The Morgan fingerprint density at radius 3 is 1.03 bits per heavy atom. The van der Waals surface area contributed by atoms with Crippen LogP contribution < -0.4 is 0 Å². The highest BCUT2D eigenvalue weighted by Gasteiger charge is 2.19. The lowest BCUT2D eigenvalue weighted by Gasteiger charge is -2.20. The van der Waals surface area contributed by atoms with Gasteiger partial charge in [-0.2, -0.15) is 0 Å². The summed E-state index contributed by atoms with van der Waals surface area (Å²) in [6.45, 7) is 7.79. The summed E-state index contributed by atoms with van der Waals surface area (Å²) in [6, 6.07) is 25.3. The minimum Gasteiger partial charge on any atom is -0.507 e. The lowest BCUT2D eigenvalue weighted by atomic mass is 9.83. The molecule has 158 valence electrons. The number of rotatable bonds is 2. The third-order valence-corrected chi connectivity index (χ3v) is 6.49. The van der Waals surface area contributed by atoms with E-state index in [9.17, 15) is 10.2 Å². The fourth-order valence-corrected chi connectivity index (χ4v) is 4.94. The molecule has 0 aliphatic carbocycles. The third-order valence-electron chi connectivity index (χ3n) is 6.49. The van der Waals surface area contributed by atoms with E-state index in [1.807, 2.05) is 27.7 Å². The Hall–Kier alpha value is -3.78. The molecule has 0 saturated carbocycles. The molecule has 0 unspecified atom stereocenters. The fourth-order valence-electron chi connectivity index (χ4n) is 4.94. The monoisotopic (exact) mass is 418 g/mol. The minimum absolute atomic E-state index is 0.344. The van der Waals surface area contributed by atoms with E-state index in [0.717, 1.165) is 44.5 Å². The molecule has 0 aliphatic rings. The normalized spacial score (nSPS) is 11.4. The van der Waals surface area contributed by atoms with Crippen LogP contribution in [0.3, 0.4) is 0 Å². The van der Waals surface area contributed by atoms with Crippen LogP contribution in [0.15, 0.2) is 72.8 Å². The zero-order valence-electron chi connectivity index (χ0n) is 18.8. The van der Waals surface area contributed by atoms with Crippen molar-refractivity contribution in [2.45, 2.75) is 27.7 Å². The molecule has 5 aromatic carbocycles. The van der Waals surface area contributed by atoms with E-state index in [1.54, 1.807) is 0 Å². The predicted octanol–water partition coefficient (Wildman–Crippen LogP) is 7.97. The molecule has 0 bridgehead atoms. The van der Waals surface area contributed by atoms with Gasteiger partial charge in [-0.05, 0) is 118 Å². The second kappa shape index (κ2) is 7.42.